The minimum Gasteiger partial charge on any atom is -0.455 e. The lowest BCUT2D eigenvalue weighted by Crippen LogP contribution is -2.31. The van der Waals surface area contributed by atoms with E-state index in [0.29, 0.717) is 39.1 Å². The van der Waals surface area contributed by atoms with E-state index in [1.54, 1.807) is 30.9 Å². The molecule has 11 nitrogen and oxygen atoms in total. The Kier molecular flexibility index (Phi) is 6.84. The van der Waals surface area contributed by atoms with Gasteiger partial charge in [0.15, 0.2) is 16.8 Å². The van der Waals surface area contributed by atoms with Crippen LogP contribution in [0.25, 0.3) is 33.3 Å². The van der Waals surface area contributed by atoms with Crippen molar-refractivity contribution in [2.24, 2.45) is 7.05 Å². The van der Waals surface area contributed by atoms with Gasteiger partial charge in [0.25, 0.3) is 5.91 Å². The van der Waals surface area contributed by atoms with E-state index in [0.717, 1.165) is 17.2 Å². The van der Waals surface area contributed by atoms with Gasteiger partial charge >= 0.3 is 0 Å². The van der Waals surface area contributed by atoms with Gasteiger partial charge < -0.3 is 9.73 Å². The van der Waals surface area contributed by atoms with Gasteiger partial charge in [0.2, 0.25) is 10.0 Å². The number of benzene rings is 1. The lowest BCUT2D eigenvalue weighted by molar-refractivity contribution is 0.0977. The lowest BCUT2D eigenvalue weighted by Gasteiger charge is -2.20. The van der Waals surface area contributed by atoms with Gasteiger partial charge in [-0.3, -0.25) is 14.3 Å². The summed E-state index contributed by atoms with van der Waals surface area (Å²) in [6.07, 6.45) is 4.32. The average molecular weight is 581 g/mol. The van der Waals surface area contributed by atoms with Gasteiger partial charge in [-0.2, -0.15) is 5.10 Å². The van der Waals surface area contributed by atoms with Crippen LogP contribution in [0, 0.1) is 13.8 Å². The molecular weight excluding hydrogens is 556 g/mol. The number of anilines is 1. The van der Waals surface area contributed by atoms with Crippen LogP contribution >= 0.6 is 11.6 Å². The van der Waals surface area contributed by atoms with Crippen molar-refractivity contribution in [3.8, 4) is 11.3 Å². The van der Waals surface area contributed by atoms with Crippen molar-refractivity contribution in [3.05, 3.63) is 80.5 Å². The number of nitrogens with one attached hydrogen (secondary N) is 2. The quantitative estimate of drug-likeness (QED) is 0.281. The molecule has 13 heteroatoms. The number of aryl methyl sites for hydroxylation is 2. The molecule has 0 aliphatic rings. The zero-order chi connectivity index (χ0) is 28.9. The zero-order valence-electron chi connectivity index (χ0n) is 22.2. The molecule has 0 aliphatic carbocycles. The van der Waals surface area contributed by atoms with E-state index < -0.39 is 22.0 Å². The van der Waals surface area contributed by atoms with Crippen LogP contribution in [0.4, 0.5) is 5.69 Å². The van der Waals surface area contributed by atoms with Crippen LogP contribution in [-0.4, -0.2) is 40.3 Å². The fourth-order valence-corrected chi connectivity index (χ4v) is 5.16. The Labute approximate surface area is 234 Å². The van der Waals surface area contributed by atoms with Gasteiger partial charge in [-0.15, -0.1) is 0 Å². The summed E-state index contributed by atoms with van der Waals surface area (Å²) in [6.45, 7) is 5.40. The standard InChI is InChI=1S/C27H25ClN6O5S/c1-13-8-18(15(3)30-20-6-7-21(28)31-22(20)27(36)33-40(5,37)38)25-19(9-13)23(35)14(2)24(39-25)16-10-17-12-34(4)32-26(17)29-11-16/h6-12,15,30H,1-5H3,(H,33,36)/t15-/m1/s1. The number of aromatic nitrogens is 4. The lowest BCUT2D eigenvalue weighted by atomic mass is 9.99. The molecule has 0 fully saturated rings. The summed E-state index contributed by atoms with van der Waals surface area (Å²) in [5.41, 5.74) is 3.36. The summed E-state index contributed by atoms with van der Waals surface area (Å²) in [6, 6.07) is 8.02. The van der Waals surface area contributed by atoms with E-state index in [9.17, 15) is 18.0 Å². The Morgan fingerprint density at radius 3 is 2.65 bits per heavy atom. The van der Waals surface area contributed by atoms with E-state index in [4.69, 9.17) is 16.0 Å². The van der Waals surface area contributed by atoms with Crippen molar-refractivity contribution in [1.82, 2.24) is 24.5 Å². The van der Waals surface area contributed by atoms with E-state index >= 15 is 0 Å². The highest BCUT2D eigenvalue weighted by Crippen LogP contribution is 2.33. The summed E-state index contributed by atoms with van der Waals surface area (Å²) in [4.78, 5) is 34.7. The molecule has 0 bridgehead atoms. The molecular formula is C27H25ClN6O5S. The van der Waals surface area contributed by atoms with Crippen LogP contribution < -0.4 is 15.5 Å². The number of hydrogen-bond donors (Lipinski definition) is 2. The summed E-state index contributed by atoms with van der Waals surface area (Å²) in [5, 5.41) is 8.72. The molecule has 1 amide bonds. The fourth-order valence-electron chi connectivity index (χ4n) is 4.57. The Morgan fingerprint density at radius 2 is 1.93 bits per heavy atom. The molecule has 0 spiro atoms. The van der Waals surface area contributed by atoms with Crippen molar-refractivity contribution in [2.75, 3.05) is 11.6 Å². The van der Waals surface area contributed by atoms with Crippen molar-refractivity contribution >= 4 is 55.2 Å². The Balaban J connectivity index is 1.62. The molecule has 0 aliphatic heterocycles. The van der Waals surface area contributed by atoms with Crippen LogP contribution in [0.15, 0.2) is 51.9 Å². The van der Waals surface area contributed by atoms with Crippen LogP contribution in [0.5, 0.6) is 0 Å². The second kappa shape index (κ2) is 10.0. The van der Waals surface area contributed by atoms with Gasteiger partial charge in [0.05, 0.1) is 23.4 Å². The number of nitrogens with zero attached hydrogens (tertiary/aromatic N) is 4. The second-order valence-corrected chi connectivity index (χ2v) is 11.8. The van der Waals surface area contributed by atoms with Gasteiger partial charge in [-0.1, -0.05) is 17.7 Å². The van der Waals surface area contributed by atoms with E-state index in [2.05, 4.69) is 20.4 Å². The van der Waals surface area contributed by atoms with Crippen LogP contribution in [0.2, 0.25) is 5.15 Å². The van der Waals surface area contributed by atoms with Crippen molar-refractivity contribution in [1.29, 1.82) is 0 Å². The minimum atomic E-state index is -3.84. The van der Waals surface area contributed by atoms with E-state index in [1.165, 1.54) is 12.1 Å². The molecule has 40 heavy (non-hydrogen) atoms. The topological polar surface area (TPSA) is 149 Å². The molecule has 2 N–H and O–H groups in total. The molecule has 4 heterocycles. The number of fused-ring (bicyclic) bond motifs is 2. The maximum atomic E-state index is 13.5. The number of rotatable bonds is 6. The first-order valence-corrected chi connectivity index (χ1v) is 14.4. The molecule has 0 unspecified atom stereocenters. The SMILES string of the molecule is Cc1cc([C@@H](C)Nc2ccc(Cl)nc2C(=O)NS(C)(=O)=O)c2oc(-c3cnc4nn(C)cc4c3)c(C)c(=O)c2c1. The summed E-state index contributed by atoms with van der Waals surface area (Å²) in [7, 11) is -2.04. The third-order valence-electron chi connectivity index (χ3n) is 6.32. The third kappa shape index (κ3) is 5.27. The second-order valence-electron chi connectivity index (χ2n) is 9.66. The highest BCUT2D eigenvalue weighted by molar-refractivity contribution is 7.89. The predicted octanol–water partition coefficient (Wildman–Crippen LogP) is 4.27. The highest BCUT2D eigenvalue weighted by Gasteiger charge is 2.23. The first-order valence-electron chi connectivity index (χ1n) is 12.1. The first-order chi connectivity index (χ1) is 18.8. The predicted molar refractivity (Wildman–Crippen MR) is 153 cm³/mol. The van der Waals surface area contributed by atoms with Crippen LogP contribution in [0.1, 0.15) is 40.1 Å². The smallest absolute Gasteiger partial charge is 0.285 e. The molecule has 206 valence electrons. The third-order valence-corrected chi connectivity index (χ3v) is 7.09. The number of halogens is 1. The van der Waals surface area contributed by atoms with Gasteiger partial charge in [0, 0.05) is 41.5 Å². The van der Waals surface area contributed by atoms with Crippen molar-refractivity contribution in [2.45, 2.75) is 26.8 Å². The maximum absolute atomic E-state index is 13.5. The highest BCUT2D eigenvalue weighted by atomic mass is 35.5. The molecule has 1 aromatic carbocycles. The van der Waals surface area contributed by atoms with Crippen LogP contribution in [-0.2, 0) is 17.1 Å². The Bertz CT molecular complexity index is 2000. The monoisotopic (exact) mass is 580 g/mol. The Hall–Kier alpha value is -4.29. The number of carbonyl (C=O) groups is 1. The van der Waals surface area contributed by atoms with Crippen molar-refractivity contribution in [3.63, 3.8) is 0 Å². The number of carbonyl (C=O) groups excluding carboxylic acids is 1. The average Bonchev–Trinajstić information content (AvgIpc) is 3.25. The number of amides is 1. The molecule has 5 aromatic rings. The maximum Gasteiger partial charge on any atom is 0.285 e. The summed E-state index contributed by atoms with van der Waals surface area (Å²) < 4.78 is 33.3. The zero-order valence-corrected chi connectivity index (χ0v) is 23.8. The largest absolute Gasteiger partial charge is 0.455 e. The summed E-state index contributed by atoms with van der Waals surface area (Å²) >= 11 is 6.00. The molecule has 5 rings (SSSR count). The molecule has 0 saturated heterocycles. The van der Waals surface area contributed by atoms with Gasteiger partial charge in [-0.25, -0.2) is 23.1 Å². The molecule has 0 saturated carbocycles. The summed E-state index contributed by atoms with van der Waals surface area (Å²) in [5.74, 6) is -0.550. The number of pyridine rings is 2. The van der Waals surface area contributed by atoms with Crippen molar-refractivity contribution < 1.29 is 17.6 Å². The van der Waals surface area contributed by atoms with E-state index in [1.807, 2.05) is 36.9 Å². The normalized spacial score (nSPS) is 12.6. The van der Waals surface area contributed by atoms with Gasteiger partial charge in [0.1, 0.15) is 16.5 Å². The van der Waals surface area contributed by atoms with E-state index in [-0.39, 0.29) is 22.0 Å². The fraction of sp³-hybridized carbons (Fsp3) is 0.222. The number of sulfonamides is 1. The van der Waals surface area contributed by atoms with Crippen LogP contribution in [0.3, 0.4) is 0 Å². The Morgan fingerprint density at radius 1 is 1.18 bits per heavy atom. The number of hydrogen-bond acceptors (Lipinski definition) is 9. The molecule has 1 atom stereocenters. The minimum absolute atomic E-state index is 0.0168. The first kappa shape index (κ1) is 27.3. The van der Waals surface area contributed by atoms with Gasteiger partial charge in [-0.05, 0) is 50.6 Å². The molecule has 4 aromatic heterocycles. The molecule has 0 radical (unpaired) electrons.